The molecule has 1 aliphatic carbocycles. The van der Waals surface area contributed by atoms with Crippen LogP contribution in [0.5, 0.6) is 0 Å². The van der Waals surface area contributed by atoms with E-state index in [-0.39, 0.29) is 6.09 Å². The molecule has 17 heavy (non-hydrogen) atoms. The van der Waals surface area contributed by atoms with Crippen molar-refractivity contribution in [3.05, 3.63) is 35.9 Å². The Labute approximate surface area is 101 Å². The molecule has 1 spiro atoms. The third-order valence-electron chi connectivity index (χ3n) is 3.93. The van der Waals surface area contributed by atoms with E-state index >= 15 is 0 Å². The summed E-state index contributed by atoms with van der Waals surface area (Å²) in [7, 11) is 0. The highest BCUT2D eigenvalue weighted by Crippen LogP contribution is 2.48. The van der Waals surface area contributed by atoms with Crippen LogP contribution >= 0.6 is 0 Å². The Morgan fingerprint density at radius 1 is 1.24 bits per heavy atom. The lowest BCUT2D eigenvalue weighted by molar-refractivity contribution is -0.0538. The molecule has 3 rings (SSSR count). The van der Waals surface area contributed by atoms with Crippen LogP contribution in [0.15, 0.2) is 30.3 Å². The monoisotopic (exact) mass is 231 g/mol. The standard InChI is InChI=1S/C14H17NO2/c16-13(15-10-14(11-15)7-4-8-14)17-9-12-5-2-1-3-6-12/h1-3,5-6H,4,7-11H2. The molecule has 3 heteroatoms. The molecule has 2 aliphatic rings. The molecule has 0 unspecified atom stereocenters. The van der Waals surface area contributed by atoms with Gasteiger partial charge in [-0.15, -0.1) is 0 Å². The van der Waals surface area contributed by atoms with Gasteiger partial charge in [-0.25, -0.2) is 4.79 Å². The molecule has 0 radical (unpaired) electrons. The lowest BCUT2D eigenvalue weighted by Gasteiger charge is -2.55. The Kier molecular flexibility index (Phi) is 2.54. The Morgan fingerprint density at radius 2 is 1.94 bits per heavy atom. The zero-order valence-electron chi connectivity index (χ0n) is 9.89. The quantitative estimate of drug-likeness (QED) is 0.783. The summed E-state index contributed by atoms with van der Waals surface area (Å²) in [5.41, 5.74) is 1.52. The van der Waals surface area contributed by atoms with Gasteiger partial charge in [-0.3, -0.25) is 0 Å². The third kappa shape index (κ3) is 2.02. The predicted octanol–water partition coefficient (Wildman–Crippen LogP) is 2.81. The number of likely N-dealkylation sites (tertiary alicyclic amines) is 1. The van der Waals surface area contributed by atoms with E-state index in [1.165, 1.54) is 19.3 Å². The van der Waals surface area contributed by atoms with E-state index in [0.29, 0.717) is 12.0 Å². The van der Waals surface area contributed by atoms with Crippen molar-refractivity contribution < 1.29 is 9.53 Å². The summed E-state index contributed by atoms with van der Waals surface area (Å²) in [4.78, 5) is 13.6. The van der Waals surface area contributed by atoms with Crippen molar-refractivity contribution >= 4 is 6.09 Å². The molecule has 1 heterocycles. The molecule has 1 saturated carbocycles. The van der Waals surface area contributed by atoms with E-state index in [4.69, 9.17) is 4.74 Å². The highest BCUT2D eigenvalue weighted by Gasteiger charge is 2.49. The zero-order chi connectivity index (χ0) is 11.7. The number of nitrogens with zero attached hydrogens (tertiary/aromatic N) is 1. The maximum Gasteiger partial charge on any atom is 0.410 e. The number of ether oxygens (including phenoxy) is 1. The van der Waals surface area contributed by atoms with Gasteiger partial charge in [-0.05, 0) is 18.4 Å². The van der Waals surface area contributed by atoms with Gasteiger partial charge in [0.15, 0.2) is 0 Å². The van der Waals surface area contributed by atoms with Gasteiger partial charge in [0.05, 0.1) is 0 Å². The number of hydrogen-bond donors (Lipinski definition) is 0. The van der Waals surface area contributed by atoms with Crippen LogP contribution in [0.3, 0.4) is 0 Å². The van der Waals surface area contributed by atoms with Crippen LogP contribution in [0.2, 0.25) is 0 Å². The van der Waals surface area contributed by atoms with Crippen molar-refractivity contribution in [3.8, 4) is 0 Å². The molecule has 1 aromatic carbocycles. The number of benzene rings is 1. The molecule has 90 valence electrons. The lowest BCUT2D eigenvalue weighted by atomic mass is 9.64. The topological polar surface area (TPSA) is 29.5 Å². The number of carbonyl (C=O) groups excluding carboxylic acids is 1. The van der Waals surface area contributed by atoms with Gasteiger partial charge in [-0.2, -0.15) is 0 Å². The second kappa shape index (κ2) is 4.06. The molecular formula is C14H17NO2. The average Bonchev–Trinajstić information content (AvgIpc) is 2.24. The van der Waals surface area contributed by atoms with Crippen LogP contribution in [0.25, 0.3) is 0 Å². The maximum absolute atomic E-state index is 11.7. The summed E-state index contributed by atoms with van der Waals surface area (Å²) in [6, 6.07) is 9.81. The lowest BCUT2D eigenvalue weighted by Crippen LogP contribution is -2.61. The first-order chi connectivity index (χ1) is 8.27. The molecule has 0 atom stereocenters. The Hall–Kier alpha value is -1.51. The average molecular weight is 231 g/mol. The van der Waals surface area contributed by atoms with E-state index < -0.39 is 0 Å². The minimum Gasteiger partial charge on any atom is -0.445 e. The van der Waals surface area contributed by atoms with Crippen molar-refractivity contribution in [2.75, 3.05) is 13.1 Å². The summed E-state index contributed by atoms with van der Waals surface area (Å²) < 4.78 is 5.28. The molecule has 2 fully saturated rings. The molecule has 1 amide bonds. The molecule has 0 N–H and O–H groups in total. The first-order valence-corrected chi connectivity index (χ1v) is 6.23. The van der Waals surface area contributed by atoms with E-state index in [9.17, 15) is 4.79 Å². The molecule has 1 saturated heterocycles. The highest BCUT2D eigenvalue weighted by molar-refractivity contribution is 5.69. The first kappa shape index (κ1) is 10.6. The van der Waals surface area contributed by atoms with Gasteiger partial charge in [0.1, 0.15) is 6.61 Å². The maximum atomic E-state index is 11.7. The van der Waals surface area contributed by atoms with E-state index in [0.717, 1.165) is 18.7 Å². The Morgan fingerprint density at radius 3 is 2.53 bits per heavy atom. The Balaban J connectivity index is 1.45. The van der Waals surface area contributed by atoms with Crippen molar-refractivity contribution in [1.82, 2.24) is 4.90 Å². The summed E-state index contributed by atoms with van der Waals surface area (Å²) in [6.45, 7) is 2.18. The second-order valence-corrected chi connectivity index (χ2v) is 5.25. The molecular weight excluding hydrogens is 214 g/mol. The minimum absolute atomic E-state index is 0.161. The molecule has 0 bridgehead atoms. The van der Waals surface area contributed by atoms with Gasteiger partial charge < -0.3 is 9.64 Å². The van der Waals surface area contributed by atoms with Crippen molar-refractivity contribution in [3.63, 3.8) is 0 Å². The van der Waals surface area contributed by atoms with Gasteiger partial charge in [0.2, 0.25) is 0 Å². The smallest absolute Gasteiger partial charge is 0.410 e. The van der Waals surface area contributed by atoms with Gasteiger partial charge in [0, 0.05) is 18.5 Å². The van der Waals surface area contributed by atoms with Crippen LogP contribution in [0.4, 0.5) is 4.79 Å². The first-order valence-electron chi connectivity index (χ1n) is 6.23. The number of carbonyl (C=O) groups is 1. The van der Waals surface area contributed by atoms with Crippen LogP contribution < -0.4 is 0 Å². The van der Waals surface area contributed by atoms with Crippen molar-refractivity contribution in [2.45, 2.75) is 25.9 Å². The van der Waals surface area contributed by atoms with Crippen LogP contribution in [0.1, 0.15) is 24.8 Å². The number of rotatable bonds is 2. The van der Waals surface area contributed by atoms with Crippen molar-refractivity contribution in [2.24, 2.45) is 5.41 Å². The van der Waals surface area contributed by atoms with Crippen molar-refractivity contribution in [1.29, 1.82) is 0 Å². The molecule has 1 aromatic rings. The summed E-state index contributed by atoms with van der Waals surface area (Å²) in [5.74, 6) is 0. The fourth-order valence-corrected chi connectivity index (χ4v) is 2.70. The van der Waals surface area contributed by atoms with Crippen LogP contribution in [0, 0.1) is 5.41 Å². The Bertz CT molecular complexity index is 403. The largest absolute Gasteiger partial charge is 0.445 e. The van der Waals surface area contributed by atoms with Gasteiger partial charge in [-0.1, -0.05) is 36.8 Å². The fraction of sp³-hybridized carbons (Fsp3) is 0.500. The van der Waals surface area contributed by atoms with E-state index in [1.807, 2.05) is 35.2 Å². The van der Waals surface area contributed by atoms with Gasteiger partial charge >= 0.3 is 6.09 Å². The SMILES string of the molecule is O=C(OCc1ccccc1)N1CC2(CCC2)C1. The zero-order valence-corrected chi connectivity index (χ0v) is 9.89. The van der Waals surface area contributed by atoms with Gasteiger partial charge in [0.25, 0.3) is 0 Å². The minimum atomic E-state index is -0.161. The molecule has 1 aliphatic heterocycles. The summed E-state index contributed by atoms with van der Waals surface area (Å²) >= 11 is 0. The number of amides is 1. The van der Waals surface area contributed by atoms with Crippen LogP contribution in [-0.4, -0.2) is 24.1 Å². The highest BCUT2D eigenvalue weighted by atomic mass is 16.6. The molecule has 3 nitrogen and oxygen atoms in total. The fourth-order valence-electron chi connectivity index (χ4n) is 2.70. The summed E-state index contributed by atoms with van der Waals surface area (Å²) in [6.07, 6.45) is 3.74. The number of hydrogen-bond acceptors (Lipinski definition) is 2. The normalized spacial score (nSPS) is 20.6. The molecule has 0 aromatic heterocycles. The second-order valence-electron chi connectivity index (χ2n) is 5.25. The summed E-state index contributed by atoms with van der Waals surface area (Å²) in [5, 5.41) is 0. The van der Waals surface area contributed by atoms with Crippen LogP contribution in [-0.2, 0) is 11.3 Å². The predicted molar refractivity (Wildman–Crippen MR) is 64.5 cm³/mol. The van der Waals surface area contributed by atoms with E-state index in [1.54, 1.807) is 0 Å². The third-order valence-corrected chi connectivity index (χ3v) is 3.93. The van der Waals surface area contributed by atoms with E-state index in [2.05, 4.69) is 0 Å².